The normalized spacial score (nSPS) is 17.6. The van der Waals surface area contributed by atoms with E-state index >= 15 is 0 Å². The van der Waals surface area contributed by atoms with Crippen LogP contribution in [-0.2, 0) is 11.3 Å². The number of imidazole rings is 1. The molecule has 0 radical (unpaired) electrons. The lowest BCUT2D eigenvalue weighted by Crippen LogP contribution is -2.19. The minimum atomic E-state index is -1.01. The summed E-state index contributed by atoms with van der Waals surface area (Å²) in [5.74, 6) is 0.700. The van der Waals surface area contributed by atoms with Crippen molar-refractivity contribution in [2.45, 2.75) is 25.8 Å². The van der Waals surface area contributed by atoms with Crippen LogP contribution in [0.5, 0.6) is 5.75 Å². The number of hydrogen-bond donors (Lipinski definition) is 1. The predicted octanol–water partition coefficient (Wildman–Crippen LogP) is 3.07. The third kappa shape index (κ3) is 3.59. The van der Waals surface area contributed by atoms with Gasteiger partial charge in [0.25, 0.3) is 0 Å². The molecule has 0 amide bonds. The Bertz CT molecular complexity index is 705. The first-order valence-corrected chi connectivity index (χ1v) is 8.19. The molecule has 0 bridgehead atoms. The zero-order chi connectivity index (χ0) is 16.9. The first-order chi connectivity index (χ1) is 11.7. The molecule has 2 aromatic rings. The average Bonchev–Trinajstić information content (AvgIpc) is 3.08. The Labute approximate surface area is 141 Å². The van der Waals surface area contributed by atoms with Crippen LogP contribution in [0.1, 0.15) is 29.6 Å². The number of nitrogens with zero attached hydrogens (tertiary/aromatic N) is 2. The van der Waals surface area contributed by atoms with Gasteiger partial charge in [0.1, 0.15) is 17.1 Å². The summed E-state index contributed by atoms with van der Waals surface area (Å²) in [6, 6.07) is 5.13. The van der Waals surface area contributed by atoms with Gasteiger partial charge in [0.2, 0.25) is 0 Å². The number of hydrogen-bond acceptors (Lipinski definition) is 4. The van der Waals surface area contributed by atoms with Gasteiger partial charge in [-0.3, -0.25) is 0 Å². The molecule has 128 valence electrons. The van der Waals surface area contributed by atoms with Crippen LogP contribution in [0, 0.1) is 5.92 Å². The highest BCUT2D eigenvalue weighted by Gasteiger charge is 2.17. The molecule has 0 spiro atoms. The summed E-state index contributed by atoms with van der Waals surface area (Å²) in [5.41, 5.74) is 0.920. The number of aromatic carboxylic acids is 1. The summed E-state index contributed by atoms with van der Waals surface area (Å²) >= 11 is 0. The summed E-state index contributed by atoms with van der Waals surface area (Å²) < 4.78 is 12.7. The maximum absolute atomic E-state index is 11.4. The molecule has 1 aromatic heterocycles. The second-order valence-electron chi connectivity index (χ2n) is 6.04. The number of carbonyl (C=O) groups is 1. The minimum Gasteiger partial charge on any atom is -0.496 e. The lowest BCUT2D eigenvalue weighted by molar-refractivity contribution is 0.0501. The van der Waals surface area contributed by atoms with Crippen LogP contribution in [0.15, 0.2) is 30.6 Å². The van der Waals surface area contributed by atoms with Gasteiger partial charge in [0.05, 0.1) is 7.11 Å². The number of aryl methyl sites for hydroxylation is 1. The van der Waals surface area contributed by atoms with E-state index in [1.54, 1.807) is 18.3 Å². The molecule has 2 heterocycles. The summed E-state index contributed by atoms with van der Waals surface area (Å²) in [6.07, 6.45) is 7.05. The molecular formula is C18H22N2O4. The van der Waals surface area contributed by atoms with E-state index in [0.717, 1.165) is 44.0 Å². The number of ether oxygens (including phenoxy) is 2. The molecule has 0 aliphatic carbocycles. The van der Waals surface area contributed by atoms with E-state index in [1.807, 2.05) is 12.3 Å². The number of carboxylic acid groups (broad SMARTS) is 1. The Morgan fingerprint density at radius 2 is 2.38 bits per heavy atom. The van der Waals surface area contributed by atoms with Crippen molar-refractivity contribution < 1.29 is 19.4 Å². The van der Waals surface area contributed by atoms with Crippen molar-refractivity contribution >= 4 is 5.97 Å². The molecule has 6 heteroatoms. The fourth-order valence-electron chi connectivity index (χ4n) is 3.12. The summed E-state index contributed by atoms with van der Waals surface area (Å²) in [4.78, 5) is 15.8. The number of aromatic nitrogens is 2. The maximum Gasteiger partial charge on any atom is 0.339 e. The van der Waals surface area contributed by atoms with Crippen molar-refractivity contribution in [1.29, 1.82) is 0 Å². The molecule has 1 aliphatic rings. The highest BCUT2D eigenvalue weighted by Crippen LogP contribution is 2.27. The molecule has 1 unspecified atom stereocenters. The SMILES string of the molecule is COc1ccc(-c2nccn2CCC2CCCOC2)cc1C(=O)O. The van der Waals surface area contributed by atoms with E-state index in [0.29, 0.717) is 11.7 Å². The predicted molar refractivity (Wildman–Crippen MR) is 89.3 cm³/mol. The molecule has 1 fully saturated rings. The van der Waals surface area contributed by atoms with Crippen LogP contribution >= 0.6 is 0 Å². The van der Waals surface area contributed by atoms with Gasteiger partial charge < -0.3 is 19.1 Å². The Morgan fingerprint density at radius 3 is 3.08 bits per heavy atom. The second-order valence-corrected chi connectivity index (χ2v) is 6.04. The lowest BCUT2D eigenvalue weighted by Gasteiger charge is -2.22. The van der Waals surface area contributed by atoms with E-state index in [1.165, 1.54) is 13.5 Å². The van der Waals surface area contributed by atoms with Gasteiger partial charge in [-0.2, -0.15) is 0 Å². The molecule has 1 aromatic carbocycles. The topological polar surface area (TPSA) is 73.6 Å². The van der Waals surface area contributed by atoms with E-state index in [2.05, 4.69) is 9.55 Å². The first-order valence-electron chi connectivity index (χ1n) is 8.19. The zero-order valence-corrected chi connectivity index (χ0v) is 13.8. The van der Waals surface area contributed by atoms with Crippen LogP contribution in [0.3, 0.4) is 0 Å². The molecule has 24 heavy (non-hydrogen) atoms. The summed E-state index contributed by atoms with van der Waals surface area (Å²) in [6.45, 7) is 2.55. The van der Waals surface area contributed by atoms with Crippen LogP contribution in [0.2, 0.25) is 0 Å². The molecule has 3 rings (SSSR count). The number of benzene rings is 1. The Morgan fingerprint density at radius 1 is 1.50 bits per heavy atom. The molecule has 1 N–H and O–H groups in total. The van der Waals surface area contributed by atoms with E-state index in [-0.39, 0.29) is 5.56 Å². The third-order valence-electron chi connectivity index (χ3n) is 4.44. The molecule has 0 saturated carbocycles. The largest absolute Gasteiger partial charge is 0.496 e. The number of carboxylic acids is 1. The Kier molecular flexibility index (Phi) is 5.15. The van der Waals surface area contributed by atoms with Crippen LogP contribution in [-0.4, -0.2) is 41.0 Å². The Hall–Kier alpha value is -2.34. The van der Waals surface area contributed by atoms with Gasteiger partial charge in [-0.05, 0) is 43.4 Å². The molecule has 6 nitrogen and oxygen atoms in total. The van der Waals surface area contributed by atoms with Crippen molar-refractivity contribution in [1.82, 2.24) is 9.55 Å². The molecule has 1 saturated heterocycles. The van der Waals surface area contributed by atoms with Crippen LogP contribution < -0.4 is 4.74 Å². The number of rotatable bonds is 6. The molecular weight excluding hydrogens is 308 g/mol. The van der Waals surface area contributed by atoms with Crippen molar-refractivity contribution in [2.24, 2.45) is 5.92 Å². The van der Waals surface area contributed by atoms with E-state index in [4.69, 9.17) is 9.47 Å². The minimum absolute atomic E-state index is 0.144. The van der Waals surface area contributed by atoms with Gasteiger partial charge >= 0.3 is 5.97 Å². The van der Waals surface area contributed by atoms with Gasteiger partial charge in [0, 0.05) is 37.7 Å². The van der Waals surface area contributed by atoms with Crippen molar-refractivity contribution in [3.63, 3.8) is 0 Å². The van der Waals surface area contributed by atoms with Gasteiger partial charge in [0.15, 0.2) is 0 Å². The second kappa shape index (κ2) is 7.49. The fourth-order valence-corrected chi connectivity index (χ4v) is 3.12. The molecule has 1 aliphatic heterocycles. The number of methoxy groups -OCH3 is 1. The molecule has 1 atom stereocenters. The van der Waals surface area contributed by atoms with Crippen molar-refractivity contribution in [3.8, 4) is 17.1 Å². The Balaban J connectivity index is 1.79. The lowest BCUT2D eigenvalue weighted by atomic mass is 9.98. The van der Waals surface area contributed by atoms with E-state index in [9.17, 15) is 9.90 Å². The van der Waals surface area contributed by atoms with Crippen molar-refractivity contribution in [2.75, 3.05) is 20.3 Å². The fraction of sp³-hybridized carbons (Fsp3) is 0.444. The quantitative estimate of drug-likeness (QED) is 0.881. The highest BCUT2D eigenvalue weighted by molar-refractivity contribution is 5.92. The maximum atomic E-state index is 11.4. The zero-order valence-electron chi connectivity index (χ0n) is 13.8. The smallest absolute Gasteiger partial charge is 0.339 e. The van der Waals surface area contributed by atoms with Gasteiger partial charge in [-0.25, -0.2) is 9.78 Å². The summed E-state index contributed by atoms with van der Waals surface area (Å²) in [7, 11) is 1.47. The van der Waals surface area contributed by atoms with Gasteiger partial charge in [-0.1, -0.05) is 0 Å². The monoisotopic (exact) mass is 330 g/mol. The van der Waals surface area contributed by atoms with E-state index < -0.39 is 5.97 Å². The highest BCUT2D eigenvalue weighted by atomic mass is 16.5. The standard InChI is InChI=1S/C18H22N2O4/c1-23-16-5-4-14(11-15(16)18(21)22)17-19-7-9-20(17)8-6-13-3-2-10-24-12-13/h4-5,7,9,11,13H,2-3,6,8,10,12H2,1H3,(H,21,22). The van der Waals surface area contributed by atoms with Crippen LogP contribution in [0.25, 0.3) is 11.4 Å². The first kappa shape index (κ1) is 16.5. The van der Waals surface area contributed by atoms with Crippen LogP contribution in [0.4, 0.5) is 0 Å². The average molecular weight is 330 g/mol. The van der Waals surface area contributed by atoms with Gasteiger partial charge in [-0.15, -0.1) is 0 Å². The van der Waals surface area contributed by atoms with Crippen molar-refractivity contribution in [3.05, 3.63) is 36.2 Å². The summed E-state index contributed by atoms with van der Waals surface area (Å²) in [5, 5.41) is 9.34. The third-order valence-corrected chi connectivity index (χ3v) is 4.44.